The van der Waals surface area contributed by atoms with Crippen molar-refractivity contribution in [3.05, 3.63) is 108 Å². The maximum atomic E-state index is 13.0. The van der Waals surface area contributed by atoms with E-state index < -0.39 is 0 Å². The number of rotatable bonds is 9. The van der Waals surface area contributed by atoms with Gasteiger partial charge in [-0.2, -0.15) is 0 Å². The molecule has 0 radical (unpaired) electrons. The average molecular weight is 590 g/mol. The highest BCUT2D eigenvalue weighted by Crippen LogP contribution is 2.27. The van der Waals surface area contributed by atoms with Crippen LogP contribution in [0, 0.1) is 0 Å². The van der Waals surface area contributed by atoms with Crippen LogP contribution in [0.5, 0.6) is 0 Å². The van der Waals surface area contributed by atoms with Crippen molar-refractivity contribution >= 4 is 34.7 Å². The zero-order chi connectivity index (χ0) is 31.4. The summed E-state index contributed by atoms with van der Waals surface area (Å²) in [4.78, 5) is 39.0. The molecule has 9 nitrogen and oxygen atoms in total. The third-order valence-electron chi connectivity index (χ3n) is 7.43. The van der Waals surface area contributed by atoms with E-state index in [9.17, 15) is 9.59 Å². The summed E-state index contributed by atoms with van der Waals surface area (Å²) in [5.41, 5.74) is 6.08. The number of amides is 2. The molecule has 0 fully saturated rings. The highest BCUT2D eigenvalue weighted by molar-refractivity contribution is 6.04. The Labute approximate surface area is 258 Å². The van der Waals surface area contributed by atoms with Gasteiger partial charge in [0.15, 0.2) is 11.5 Å². The van der Waals surface area contributed by atoms with Gasteiger partial charge < -0.3 is 24.8 Å². The largest absolute Gasteiger partial charge is 0.340 e. The molecule has 5 aromatic rings. The van der Waals surface area contributed by atoms with Crippen LogP contribution in [0.2, 0.25) is 0 Å². The van der Waals surface area contributed by atoms with E-state index in [-0.39, 0.29) is 17.2 Å². The van der Waals surface area contributed by atoms with Gasteiger partial charge in [-0.3, -0.25) is 9.59 Å². The number of benzene rings is 3. The van der Waals surface area contributed by atoms with Gasteiger partial charge in [0.05, 0.1) is 5.69 Å². The first-order valence-electron chi connectivity index (χ1n) is 14.6. The van der Waals surface area contributed by atoms with E-state index >= 15 is 0 Å². The Morgan fingerprint density at radius 2 is 1.57 bits per heavy atom. The SMILES string of the molecule is CN(C)CCN(C)C(=O)c1ccc(Nc2nc(-c3cccc(NC(=O)c4ccc(C(C)(C)C)cc4)c3)cn3ccnc23)cc1. The smallest absolute Gasteiger partial charge is 0.255 e. The molecule has 2 N–H and O–H groups in total. The standard InChI is InChI=1S/C35H39N7O2/c1-35(2,3)27-14-10-24(11-15-27)33(43)38-29-9-7-8-26(22-29)30-23-42-19-18-36-32(42)31(39-30)37-28-16-12-25(13-17-28)34(44)41(6)21-20-40(4)5/h7-19,22-23H,20-21H2,1-6H3,(H,37,39)(H,38,43). The first kappa shape index (κ1) is 30.4. The molecule has 0 aliphatic rings. The minimum absolute atomic E-state index is 0.0194. The van der Waals surface area contributed by atoms with Crippen LogP contribution < -0.4 is 10.6 Å². The van der Waals surface area contributed by atoms with Crippen molar-refractivity contribution in [1.82, 2.24) is 24.2 Å². The van der Waals surface area contributed by atoms with E-state index in [1.54, 1.807) is 11.1 Å². The van der Waals surface area contributed by atoms with Crippen LogP contribution in [0.1, 0.15) is 47.1 Å². The summed E-state index contributed by atoms with van der Waals surface area (Å²) >= 11 is 0. The van der Waals surface area contributed by atoms with E-state index in [1.807, 2.05) is 116 Å². The van der Waals surface area contributed by atoms with Crippen molar-refractivity contribution in [1.29, 1.82) is 0 Å². The average Bonchev–Trinajstić information content (AvgIpc) is 3.49. The van der Waals surface area contributed by atoms with Crippen LogP contribution in [-0.4, -0.2) is 70.2 Å². The summed E-state index contributed by atoms with van der Waals surface area (Å²) < 4.78 is 1.91. The molecule has 3 aromatic carbocycles. The van der Waals surface area contributed by atoms with Gasteiger partial charge in [-0.15, -0.1) is 0 Å². The summed E-state index contributed by atoms with van der Waals surface area (Å²) in [5, 5.41) is 6.38. The molecule has 226 valence electrons. The normalized spacial score (nSPS) is 11.5. The molecule has 2 amide bonds. The fourth-order valence-electron chi connectivity index (χ4n) is 4.74. The maximum Gasteiger partial charge on any atom is 0.255 e. The topological polar surface area (TPSA) is 94.9 Å². The fourth-order valence-corrected chi connectivity index (χ4v) is 4.74. The lowest BCUT2D eigenvalue weighted by Crippen LogP contribution is -2.33. The number of fused-ring (bicyclic) bond motifs is 1. The molecule has 5 rings (SSSR count). The predicted molar refractivity (Wildman–Crippen MR) is 177 cm³/mol. The maximum absolute atomic E-state index is 13.0. The molecule has 2 heterocycles. The Balaban J connectivity index is 1.34. The Morgan fingerprint density at radius 1 is 0.864 bits per heavy atom. The second kappa shape index (κ2) is 12.7. The van der Waals surface area contributed by atoms with E-state index in [0.717, 1.165) is 17.8 Å². The number of anilines is 3. The Kier molecular flexibility index (Phi) is 8.78. The molecule has 0 aliphatic heterocycles. The molecule has 9 heteroatoms. The first-order valence-corrected chi connectivity index (χ1v) is 14.6. The van der Waals surface area contributed by atoms with Gasteiger partial charge in [-0.05, 0) is 73.6 Å². The molecular weight excluding hydrogens is 550 g/mol. The van der Waals surface area contributed by atoms with Crippen molar-refractivity contribution < 1.29 is 9.59 Å². The lowest BCUT2D eigenvalue weighted by atomic mass is 9.87. The number of carbonyl (C=O) groups is 2. The zero-order valence-electron chi connectivity index (χ0n) is 26.1. The predicted octanol–water partition coefficient (Wildman–Crippen LogP) is 6.32. The second-order valence-electron chi connectivity index (χ2n) is 12.2. The molecular formula is C35H39N7O2. The van der Waals surface area contributed by atoms with E-state index in [4.69, 9.17) is 4.98 Å². The Hall–Kier alpha value is -5.02. The molecule has 0 unspecified atom stereocenters. The van der Waals surface area contributed by atoms with Gasteiger partial charge in [0, 0.05) is 66.8 Å². The van der Waals surface area contributed by atoms with E-state index in [2.05, 4.69) is 36.4 Å². The van der Waals surface area contributed by atoms with Crippen LogP contribution >= 0.6 is 0 Å². The first-order chi connectivity index (χ1) is 21.0. The molecule has 0 bridgehead atoms. The second-order valence-corrected chi connectivity index (χ2v) is 12.2. The van der Waals surface area contributed by atoms with Crippen molar-refractivity contribution in [2.45, 2.75) is 26.2 Å². The van der Waals surface area contributed by atoms with Crippen molar-refractivity contribution in [3.8, 4) is 11.3 Å². The number of hydrogen-bond acceptors (Lipinski definition) is 6. The van der Waals surface area contributed by atoms with Crippen LogP contribution in [0.3, 0.4) is 0 Å². The minimum atomic E-state index is -0.172. The summed E-state index contributed by atoms with van der Waals surface area (Å²) in [6.45, 7) is 7.89. The Bertz CT molecular complexity index is 1770. The molecule has 44 heavy (non-hydrogen) atoms. The molecule has 0 saturated heterocycles. The van der Waals surface area contributed by atoms with Crippen molar-refractivity contribution in [2.24, 2.45) is 0 Å². The molecule has 0 atom stereocenters. The van der Waals surface area contributed by atoms with E-state index in [1.165, 1.54) is 5.56 Å². The van der Waals surface area contributed by atoms with Crippen LogP contribution in [0.15, 0.2) is 91.4 Å². The number of likely N-dealkylation sites (N-methyl/N-ethyl adjacent to an activating group) is 2. The number of carbonyl (C=O) groups excluding carboxylic acids is 2. The summed E-state index contributed by atoms with van der Waals surface area (Å²) in [6, 6.07) is 22.7. The molecule has 2 aromatic heterocycles. The third-order valence-corrected chi connectivity index (χ3v) is 7.43. The minimum Gasteiger partial charge on any atom is -0.340 e. The quantitative estimate of drug-likeness (QED) is 0.209. The van der Waals surface area contributed by atoms with Gasteiger partial charge >= 0.3 is 0 Å². The number of aromatic nitrogens is 3. The van der Waals surface area contributed by atoms with Gasteiger partial charge in [-0.1, -0.05) is 45.0 Å². The zero-order valence-corrected chi connectivity index (χ0v) is 26.1. The van der Waals surface area contributed by atoms with Gasteiger partial charge in [0.25, 0.3) is 11.8 Å². The monoisotopic (exact) mass is 589 g/mol. The fraction of sp³-hybridized carbons (Fsp3) is 0.257. The highest BCUT2D eigenvalue weighted by Gasteiger charge is 2.16. The van der Waals surface area contributed by atoms with Gasteiger partial charge in [-0.25, -0.2) is 9.97 Å². The van der Waals surface area contributed by atoms with Gasteiger partial charge in [0.2, 0.25) is 0 Å². The van der Waals surface area contributed by atoms with Crippen LogP contribution in [0.25, 0.3) is 16.9 Å². The van der Waals surface area contributed by atoms with Crippen molar-refractivity contribution in [3.63, 3.8) is 0 Å². The molecule has 0 aliphatic carbocycles. The number of hydrogen-bond donors (Lipinski definition) is 2. The van der Waals surface area contributed by atoms with E-state index in [0.29, 0.717) is 40.5 Å². The van der Waals surface area contributed by atoms with Crippen LogP contribution in [-0.2, 0) is 5.41 Å². The molecule has 0 spiro atoms. The van der Waals surface area contributed by atoms with Crippen LogP contribution in [0.4, 0.5) is 17.2 Å². The summed E-state index contributed by atoms with van der Waals surface area (Å²) in [5.74, 6) is 0.375. The lowest BCUT2D eigenvalue weighted by Gasteiger charge is -2.20. The summed E-state index contributed by atoms with van der Waals surface area (Å²) in [6.07, 6.45) is 5.49. The third kappa shape index (κ3) is 7.12. The Morgan fingerprint density at radius 3 is 2.25 bits per heavy atom. The number of nitrogens with one attached hydrogen (secondary N) is 2. The van der Waals surface area contributed by atoms with Crippen molar-refractivity contribution in [2.75, 3.05) is 44.9 Å². The number of nitrogens with zero attached hydrogens (tertiary/aromatic N) is 5. The number of imidazole rings is 1. The lowest BCUT2D eigenvalue weighted by molar-refractivity contribution is 0.0786. The highest BCUT2D eigenvalue weighted by atomic mass is 16.2. The molecule has 0 saturated carbocycles. The van der Waals surface area contributed by atoms with Gasteiger partial charge in [0.1, 0.15) is 0 Å². The summed E-state index contributed by atoms with van der Waals surface area (Å²) in [7, 11) is 5.79.